The minimum atomic E-state index is 0.371. The third-order valence-corrected chi connectivity index (χ3v) is 2.42. The minimum Gasteiger partial charge on any atom is -0.377 e. The van der Waals surface area contributed by atoms with Crippen molar-refractivity contribution in [3.05, 3.63) is 0 Å². The first-order valence-corrected chi connectivity index (χ1v) is 5.29. The van der Waals surface area contributed by atoms with Crippen molar-refractivity contribution < 1.29 is 4.74 Å². The van der Waals surface area contributed by atoms with E-state index in [9.17, 15) is 0 Å². The quantitative estimate of drug-likeness (QED) is 0.699. The maximum Gasteiger partial charge on any atom is 0.0673 e. The van der Waals surface area contributed by atoms with Crippen LogP contribution in [0.4, 0.5) is 0 Å². The van der Waals surface area contributed by atoms with Gasteiger partial charge in [0.1, 0.15) is 0 Å². The van der Waals surface area contributed by atoms with Crippen molar-refractivity contribution in [3.63, 3.8) is 0 Å². The Morgan fingerprint density at radius 3 is 3.00 bits per heavy atom. The topological polar surface area (TPSA) is 24.5 Å². The highest BCUT2D eigenvalue weighted by Crippen LogP contribution is 2.01. The third-order valence-electron chi connectivity index (χ3n) is 2.42. The first-order chi connectivity index (χ1) is 6.22. The fourth-order valence-electron chi connectivity index (χ4n) is 1.88. The summed E-state index contributed by atoms with van der Waals surface area (Å²) in [6.07, 6.45) is 0.371. The molecule has 0 spiro atoms. The first-order valence-electron chi connectivity index (χ1n) is 5.29. The summed E-state index contributed by atoms with van der Waals surface area (Å²) in [5.74, 6) is 0. The molecule has 1 aliphatic heterocycles. The lowest BCUT2D eigenvalue weighted by atomic mass is 10.2. The summed E-state index contributed by atoms with van der Waals surface area (Å²) in [6, 6.07) is 0.627. The molecule has 2 unspecified atom stereocenters. The molecule has 1 fully saturated rings. The number of nitrogens with zero attached hydrogens (tertiary/aromatic N) is 1. The van der Waals surface area contributed by atoms with E-state index in [0.717, 1.165) is 32.8 Å². The Labute approximate surface area is 81.4 Å². The van der Waals surface area contributed by atoms with Crippen molar-refractivity contribution in [1.29, 1.82) is 0 Å². The normalized spacial score (nSPS) is 27.5. The number of piperazine rings is 1. The molecule has 2 atom stereocenters. The molecular weight excluding hydrogens is 164 g/mol. The van der Waals surface area contributed by atoms with E-state index < -0.39 is 0 Å². The predicted molar refractivity (Wildman–Crippen MR) is 55.0 cm³/mol. The van der Waals surface area contributed by atoms with E-state index in [2.05, 4.69) is 31.0 Å². The summed E-state index contributed by atoms with van der Waals surface area (Å²) >= 11 is 0. The monoisotopic (exact) mass is 186 g/mol. The summed E-state index contributed by atoms with van der Waals surface area (Å²) in [5, 5.41) is 3.43. The maximum absolute atomic E-state index is 5.52. The first kappa shape index (κ1) is 11.0. The third kappa shape index (κ3) is 4.07. The Morgan fingerprint density at radius 1 is 1.62 bits per heavy atom. The number of hydrogen-bond donors (Lipinski definition) is 1. The van der Waals surface area contributed by atoms with E-state index in [4.69, 9.17) is 4.74 Å². The zero-order valence-electron chi connectivity index (χ0n) is 9.05. The van der Waals surface area contributed by atoms with Crippen LogP contribution in [-0.4, -0.2) is 49.8 Å². The molecule has 0 bridgehead atoms. The largest absolute Gasteiger partial charge is 0.377 e. The standard InChI is InChI=1S/C10H22N2O/c1-4-13-10(3)8-12-6-5-11-9(2)7-12/h9-11H,4-8H2,1-3H3. The van der Waals surface area contributed by atoms with Gasteiger partial charge in [-0.3, -0.25) is 4.90 Å². The van der Waals surface area contributed by atoms with Crippen LogP contribution in [0.1, 0.15) is 20.8 Å². The van der Waals surface area contributed by atoms with Crippen LogP contribution in [0.5, 0.6) is 0 Å². The SMILES string of the molecule is CCOC(C)CN1CCNC(C)C1. The van der Waals surface area contributed by atoms with Crippen LogP contribution in [0.2, 0.25) is 0 Å². The number of rotatable bonds is 4. The molecule has 78 valence electrons. The molecule has 0 aromatic heterocycles. The molecule has 13 heavy (non-hydrogen) atoms. The van der Waals surface area contributed by atoms with Crippen molar-refractivity contribution in [1.82, 2.24) is 10.2 Å². The number of ether oxygens (including phenoxy) is 1. The Balaban J connectivity index is 2.19. The Kier molecular flexibility index (Phi) is 4.70. The van der Waals surface area contributed by atoms with Crippen molar-refractivity contribution in [3.8, 4) is 0 Å². The van der Waals surface area contributed by atoms with Gasteiger partial charge in [0.2, 0.25) is 0 Å². The van der Waals surface area contributed by atoms with Gasteiger partial charge < -0.3 is 10.1 Å². The highest BCUT2D eigenvalue weighted by molar-refractivity contribution is 4.76. The fraction of sp³-hybridized carbons (Fsp3) is 1.00. The predicted octanol–water partition coefficient (Wildman–Crippen LogP) is 0.705. The zero-order valence-corrected chi connectivity index (χ0v) is 9.05. The lowest BCUT2D eigenvalue weighted by Gasteiger charge is -2.33. The Hall–Kier alpha value is -0.120. The Morgan fingerprint density at radius 2 is 2.38 bits per heavy atom. The molecule has 1 aliphatic rings. The summed E-state index contributed by atoms with van der Waals surface area (Å²) in [7, 11) is 0. The average molecular weight is 186 g/mol. The number of hydrogen-bond acceptors (Lipinski definition) is 3. The van der Waals surface area contributed by atoms with Crippen molar-refractivity contribution in [2.45, 2.75) is 32.9 Å². The molecule has 3 heteroatoms. The second-order valence-electron chi connectivity index (χ2n) is 3.88. The maximum atomic E-state index is 5.52. The van der Waals surface area contributed by atoms with Crippen LogP contribution in [0.3, 0.4) is 0 Å². The second kappa shape index (κ2) is 5.58. The van der Waals surface area contributed by atoms with Crippen LogP contribution in [0.15, 0.2) is 0 Å². The number of nitrogens with one attached hydrogen (secondary N) is 1. The van der Waals surface area contributed by atoms with Crippen LogP contribution < -0.4 is 5.32 Å². The van der Waals surface area contributed by atoms with Gasteiger partial charge in [-0.05, 0) is 20.8 Å². The molecule has 1 saturated heterocycles. The summed E-state index contributed by atoms with van der Waals surface area (Å²) in [5.41, 5.74) is 0. The molecule has 1 heterocycles. The van der Waals surface area contributed by atoms with E-state index in [1.165, 1.54) is 0 Å². The molecular formula is C10H22N2O. The van der Waals surface area contributed by atoms with Gasteiger partial charge in [-0.25, -0.2) is 0 Å². The zero-order chi connectivity index (χ0) is 9.68. The van der Waals surface area contributed by atoms with Gasteiger partial charge in [-0.2, -0.15) is 0 Å². The van der Waals surface area contributed by atoms with Gasteiger partial charge in [-0.1, -0.05) is 0 Å². The van der Waals surface area contributed by atoms with Gasteiger partial charge in [0.25, 0.3) is 0 Å². The molecule has 0 saturated carbocycles. The summed E-state index contributed by atoms with van der Waals surface area (Å²) in [4.78, 5) is 2.47. The van der Waals surface area contributed by atoms with Crippen LogP contribution in [0.25, 0.3) is 0 Å². The van der Waals surface area contributed by atoms with E-state index in [1.807, 2.05) is 0 Å². The second-order valence-corrected chi connectivity index (χ2v) is 3.88. The lowest BCUT2D eigenvalue weighted by Crippen LogP contribution is -2.51. The summed E-state index contributed by atoms with van der Waals surface area (Å²) in [6.45, 7) is 11.7. The van der Waals surface area contributed by atoms with Gasteiger partial charge in [0, 0.05) is 38.8 Å². The molecule has 0 amide bonds. The van der Waals surface area contributed by atoms with Crippen molar-refractivity contribution in [2.24, 2.45) is 0 Å². The van der Waals surface area contributed by atoms with E-state index in [0.29, 0.717) is 12.1 Å². The van der Waals surface area contributed by atoms with Crippen LogP contribution in [-0.2, 0) is 4.74 Å². The average Bonchev–Trinajstić information content (AvgIpc) is 2.04. The van der Waals surface area contributed by atoms with Gasteiger partial charge >= 0.3 is 0 Å². The van der Waals surface area contributed by atoms with E-state index >= 15 is 0 Å². The molecule has 0 aromatic carbocycles. The highest BCUT2D eigenvalue weighted by atomic mass is 16.5. The van der Waals surface area contributed by atoms with Crippen LogP contribution >= 0.6 is 0 Å². The van der Waals surface area contributed by atoms with E-state index in [-0.39, 0.29) is 0 Å². The lowest BCUT2D eigenvalue weighted by molar-refractivity contribution is 0.0388. The molecule has 1 N–H and O–H groups in total. The molecule has 0 aromatic rings. The van der Waals surface area contributed by atoms with Crippen molar-refractivity contribution in [2.75, 3.05) is 32.8 Å². The smallest absolute Gasteiger partial charge is 0.0673 e. The van der Waals surface area contributed by atoms with E-state index in [1.54, 1.807) is 0 Å². The molecule has 1 rings (SSSR count). The summed E-state index contributed by atoms with van der Waals surface area (Å²) < 4.78 is 5.52. The fourth-order valence-corrected chi connectivity index (χ4v) is 1.88. The van der Waals surface area contributed by atoms with Gasteiger partial charge in [-0.15, -0.1) is 0 Å². The van der Waals surface area contributed by atoms with Gasteiger partial charge in [0.05, 0.1) is 6.10 Å². The van der Waals surface area contributed by atoms with Crippen molar-refractivity contribution >= 4 is 0 Å². The Bertz CT molecular complexity index is 141. The van der Waals surface area contributed by atoms with Crippen LogP contribution in [0, 0.1) is 0 Å². The van der Waals surface area contributed by atoms with Gasteiger partial charge in [0.15, 0.2) is 0 Å². The molecule has 0 aliphatic carbocycles. The molecule has 0 radical (unpaired) electrons. The molecule has 3 nitrogen and oxygen atoms in total. The minimum absolute atomic E-state index is 0.371. The highest BCUT2D eigenvalue weighted by Gasteiger charge is 2.17.